The molecule has 2 atom stereocenters. The SMILES string of the molecule is Cc1ccc(C2NC3(CC3)C(=O)N2C(C)C2CCC2)s1. The maximum Gasteiger partial charge on any atom is 0.244 e. The van der Waals surface area contributed by atoms with Gasteiger partial charge in [-0.3, -0.25) is 10.1 Å². The van der Waals surface area contributed by atoms with E-state index < -0.39 is 0 Å². The number of carbonyl (C=O) groups is 1. The van der Waals surface area contributed by atoms with Crippen molar-refractivity contribution in [2.75, 3.05) is 0 Å². The van der Waals surface area contributed by atoms with Crippen molar-refractivity contribution in [2.24, 2.45) is 5.92 Å². The molecule has 2 heterocycles. The lowest BCUT2D eigenvalue weighted by Gasteiger charge is -2.39. The fourth-order valence-corrected chi connectivity index (χ4v) is 4.55. The van der Waals surface area contributed by atoms with Gasteiger partial charge in [0.25, 0.3) is 0 Å². The first-order valence-electron chi connectivity index (χ1n) is 7.77. The van der Waals surface area contributed by atoms with E-state index in [4.69, 9.17) is 0 Å². The third kappa shape index (κ3) is 1.77. The van der Waals surface area contributed by atoms with Crippen LogP contribution in [0.2, 0.25) is 0 Å². The maximum atomic E-state index is 12.8. The van der Waals surface area contributed by atoms with E-state index >= 15 is 0 Å². The summed E-state index contributed by atoms with van der Waals surface area (Å²) in [6.07, 6.45) is 6.04. The third-order valence-corrected chi connectivity index (χ3v) is 6.44. The van der Waals surface area contributed by atoms with Gasteiger partial charge in [0.1, 0.15) is 11.7 Å². The third-order valence-electron chi connectivity index (χ3n) is 5.39. The Kier molecular flexibility index (Phi) is 2.77. The Hall–Kier alpha value is -0.870. The van der Waals surface area contributed by atoms with Crippen LogP contribution in [0.5, 0.6) is 0 Å². The van der Waals surface area contributed by atoms with Crippen LogP contribution in [-0.2, 0) is 4.79 Å². The zero-order valence-corrected chi connectivity index (χ0v) is 13.0. The minimum absolute atomic E-state index is 0.110. The van der Waals surface area contributed by atoms with E-state index in [2.05, 4.69) is 36.2 Å². The predicted octanol–water partition coefficient (Wildman–Crippen LogP) is 3.21. The number of thiophene rings is 1. The molecular formula is C16H22N2OS. The van der Waals surface area contributed by atoms with Crippen LogP contribution in [0.25, 0.3) is 0 Å². The molecule has 3 fully saturated rings. The highest BCUT2D eigenvalue weighted by atomic mass is 32.1. The molecule has 0 radical (unpaired) electrons. The molecule has 1 aliphatic heterocycles. The molecule has 2 saturated carbocycles. The molecule has 2 aliphatic carbocycles. The summed E-state index contributed by atoms with van der Waals surface area (Å²) in [7, 11) is 0. The summed E-state index contributed by atoms with van der Waals surface area (Å²) < 4.78 is 0. The topological polar surface area (TPSA) is 32.3 Å². The van der Waals surface area contributed by atoms with Crippen molar-refractivity contribution in [1.82, 2.24) is 10.2 Å². The molecule has 1 spiro atoms. The molecule has 108 valence electrons. The second-order valence-corrected chi connectivity index (χ2v) is 8.04. The summed E-state index contributed by atoms with van der Waals surface area (Å²) in [5, 5.41) is 3.64. The van der Waals surface area contributed by atoms with Crippen LogP contribution < -0.4 is 5.32 Å². The molecule has 1 N–H and O–H groups in total. The van der Waals surface area contributed by atoms with Crippen molar-refractivity contribution in [3.8, 4) is 0 Å². The van der Waals surface area contributed by atoms with E-state index in [0.717, 1.165) is 12.8 Å². The lowest BCUT2D eigenvalue weighted by molar-refractivity contribution is -0.134. The minimum Gasteiger partial charge on any atom is -0.317 e. The standard InChI is InChI=1S/C16H22N2OS/c1-10-6-7-13(20-10)14-17-16(8-9-16)15(19)18(14)11(2)12-4-3-5-12/h6-7,11-12,14,17H,3-5,8-9H2,1-2H3. The Morgan fingerprint density at radius 3 is 2.65 bits per heavy atom. The van der Waals surface area contributed by atoms with Crippen molar-refractivity contribution in [3.63, 3.8) is 0 Å². The minimum atomic E-state index is -0.208. The van der Waals surface area contributed by atoms with Gasteiger partial charge in [0.15, 0.2) is 0 Å². The van der Waals surface area contributed by atoms with Crippen molar-refractivity contribution in [1.29, 1.82) is 0 Å². The first kappa shape index (κ1) is 12.8. The summed E-state index contributed by atoms with van der Waals surface area (Å²) >= 11 is 1.82. The van der Waals surface area contributed by atoms with Gasteiger partial charge in [-0.05, 0) is 57.6 Å². The van der Waals surface area contributed by atoms with E-state index in [1.165, 1.54) is 29.0 Å². The van der Waals surface area contributed by atoms with Crippen LogP contribution in [0.1, 0.15) is 54.9 Å². The molecule has 20 heavy (non-hydrogen) atoms. The first-order chi connectivity index (χ1) is 9.61. The molecule has 0 bridgehead atoms. The number of carbonyl (C=O) groups excluding carboxylic acids is 1. The number of aryl methyl sites for hydroxylation is 1. The number of nitrogens with zero attached hydrogens (tertiary/aromatic N) is 1. The van der Waals surface area contributed by atoms with E-state index in [9.17, 15) is 4.79 Å². The fraction of sp³-hybridized carbons (Fsp3) is 0.688. The molecule has 0 aromatic carbocycles. The van der Waals surface area contributed by atoms with Gasteiger partial charge in [-0.25, -0.2) is 0 Å². The summed E-state index contributed by atoms with van der Waals surface area (Å²) in [6, 6.07) is 4.72. The molecule has 3 aliphatic rings. The Morgan fingerprint density at radius 1 is 1.40 bits per heavy atom. The summed E-state index contributed by atoms with van der Waals surface area (Å²) in [5.74, 6) is 1.06. The van der Waals surface area contributed by atoms with Gasteiger partial charge in [-0.1, -0.05) is 6.42 Å². The van der Waals surface area contributed by atoms with Crippen LogP contribution in [0, 0.1) is 12.8 Å². The summed E-state index contributed by atoms with van der Waals surface area (Å²) in [6.45, 7) is 4.38. The Labute approximate surface area is 124 Å². The second-order valence-electron chi connectivity index (χ2n) is 6.72. The average molecular weight is 290 g/mol. The second kappa shape index (κ2) is 4.31. The number of amides is 1. The highest BCUT2D eigenvalue weighted by Crippen LogP contribution is 2.49. The van der Waals surface area contributed by atoms with E-state index in [0.29, 0.717) is 17.9 Å². The average Bonchev–Trinajstić information content (AvgIpc) is 2.90. The molecule has 1 aromatic rings. The zero-order chi connectivity index (χ0) is 13.9. The Morgan fingerprint density at radius 2 is 2.15 bits per heavy atom. The van der Waals surface area contributed by atoms with E-state index in [-0.39, 0.29) is 11.7 Å². The lowest BCUT2D eigenvalue weighted by atomic mass is 9.79. The van der Waals surface area contributed by atoms with E-state index in [1.54, 1.807) is 0 Å². The Balaban J connectivity index is 1.66. The molecule has 1 aromatic heterocycles. The van der Waals surface area contributed by atoms with Crippen LogP contribution >= 0.6 is 11.3 Å². The quantitative estimate of drug-likeness (QED) is 0.927. The van der Waals surface area contributed by atoms with Gasteiger partial charge in [-0.15, -0.1) is 11.3 Å². The Bertz CT molecular complexity index is 544. The molecule has 3 nitrogen and oxygen atoms in total. The van der Waals surface area contributed by atoms with Gasteiger partial charge >= 0.3 is 0 Å². The molecular weight excluding hydrogens is 268 g/mol. The number of rotatable bonds is 3. The smallest absolute Gasteiger partial charge is 0.244 e. The zero-order valence-electron chi connectivity index (χ0n) is 12.2. The normalized spacial score (nSPS) is 29.8. The highest BCUT2D eigenvalue weighted by molar-refractivity contribution is 7.12. The number of hydrogen-bond donors (Lipinski definition) is 1. The largest absolute Gasteiger partial charge is 0.317 e. The van der Waals surface area contributed by atoms with Crippen molar-refractivity contribution < 1.29 is 4.79 Å². The van der Waals surface area contributed by atoms with Crippen LogP contribution in [-0.4, -0.2) is 22.4 Å². The van der Waals surface area contributed by atoms with Crippen molar-refractivity contribution in [2.45, 2.75) is 63.7 Å². The fourth-order valence-electron chi connectivity index (χ4n) is 3.62. The van der Waals surface area contributed by atoms with Crippen molar-refractivity contribution >= 4 is 17.2 Å². The highest BCUT2D eigenvalue weighted by Gasteiger charge is 2.61. The number of nitrogens with one attached hydrogen (secondary N) is 1. The van der Waals surface area contributed by atoms with Gasteiger partial charge in [0, 0.05) is 15.8 Å². The maximum absolute atomic E-state index is 12.8. The predicted molar refractivity (Wildman–Crippen MR) is 80.5 cm³/mol. The monoisotopic (exact) mass is 290 g/mol. The molecule has 2 unspecified atom stereocenters. The van der Waals surface area contributed by atoms with Crippen LogP contribution in [0.3, 0.4) is 0 Å². The lowest BCUT2D eigenvalue weighted by Crippen LogP contribution is -2.44. The molecule has 1 amide bonds. The summed E-state index contributed by atoms with van der Waals surface area (Å²) in [5.41, 5.74) is -0.208. The first-order valence-corrected chi connectivity index (χ1v) is 8.59. The van der Waals surface area contributed by atoms with Crippen LogP contribution in [0.4, 0.5) is 0 Å². The van der Waals surface area contributed by atoms with E-state index in [1.807, 2.05) is 11.3 Å². The number of hydrogen-bond acceptors (Lipinski definition) is 3. The van der Waals surface area contributed by atoms with Gasteiger partial charge in [0.05, 0.1) is 0 Å². The molecule has 4 heteroatoms. The van der Waals surface area contributed by atoms with Gasteiger partial charge in [-0.2, -0.15) is 0 Å². The van der Waals surface area contributed by atoms with Crippen LogP contribution in [0.15, 0.2) is 12.1 Å². The summed E-state index contributed by atoms with van der Waals surface area (Å²) in [4.78, 5) is 17.6. The molecule has 4 rings (SSSR count). The van der Waals surface area contributed by atoms with Crippen molar-refractivity contribution in [3.05, 3.63) is 21.9 Å². The van der Waals surface area contributed by atoms with Gasteiger partial charge < -0.3 is 4.90 Å². The molecule has 1 saturated heterocycles. The van der Waals surface area contributed by atoms with Gasteiger partial charge in [0.2, 0.25) is 5.91 Å².